The highest BCUT2D eigenvalue weighted by molar-refractivity contribution is 5.95. The Bertz CT molecular complexity index is 679. The number of ketones is 1. The maximum absolute atomic E-state index is 12.7. The van der Waals surface area contributed by atoms with Crippen molar-refractivity contribution in [1.29, 1.82) is 0 Å². The molecule has 0 radical (unpaired) electrons. The number of carbonyl (C=O) groups excluding carboxylic acids is 3. The van der Waals surface area contributed by atoms with E-state index >= 15 is 0 Å². The molecule has 6 heteroatoms. The largest absolute Gasteiger partial charge is 0.508 e. The van der Waals surface area contributed by atoms with Crippen LogP contribution in [-0.4, -0.2) is 28.9 Å². The molecule has 1 aliphatic rings. The first kappa shape index (κ1) is 19.9. The molecule has 1 aromatic carbocycles. The first-order chi connectivity index (χ1) is 12.4. The molecular formula is C20H26O6. The van der Waals surface area contributed by atoms with Gasteiger partial charge in [0.2, 0.25) is 0 Å². The number of hydrogen-bond acceptors (Lipinski definition) is 6. The molecule has 6 nitrogen and oxygen atoms in total. The zero-order chi connectivity index (χ0) is 19.1. The van der Waals surface area contributed by atoms with Crippen LogP contribution in [0, 0.1) is 0 Å². The highest BCUT2D eigenvalue weighted by Crippen LogP contribution is 2.31. The average molecular weight is 362 g/mol. The number of ether oxygens (including phenoxy) is 2. The van der Waals surface area contributed by atoms with Gasteiger partial charge in [-0.25, -0.2) is 4.79 Å². The van der Waals surface area contributed by atoms with Crippen molar-refractivity contribution in [2.45, 2.75) is 71.3 Å². The lowest BCUT2D eigenvalue weighted by Gasteiger charge is -2.18. The number of carbonyl (C=O) groups is 3. The van der Waals surface area contributed by atoms with Crippen molar-refractivity contribution in [3.8, 4) is 11.5 Å². The van der Waals surface area contributed by atoms with Crippen LogP contribution in [-0.2, 0) is 20.7 Å². The van der Waals surface area contributed by atoms with Crippen LogP contribution >= 0.6 is 0 Å². The molecule has 0 amide bonds. The van der Waals surface area contributed by atoms with Crippen LogP contribution in [0.4, 0.5) is 0 Å². The summed E-state index contributed by atoms with van der Waals surface area (Å²) in [6, 6.07) is 2.76. The molecule has 0 unspecified atom stereocenters. The Balaban J connectivity index is 2.34. The van der Waals surface area contributed by atoms with E-state index in [9.17, 15) is 19.5 Å². The van der Waals surface area contributed by atoms with Gasteiger partial charge < -0.3 is 14.6 Å². The van der Waals surface area contributed by atoms with Gasteiger partial charge in [-0.1, -0.05) is 6.42 Å². The van der Waals surface area contributed by atoms with E-state index in [4.69, 9.17) is 9.47 Å². The summed E-state index contributed by atoms with van der Waals surface area (Å²) in [6.07, 6.45) is 4.91. The Labute approximate surface area is 153 Å². The standard InChI is InChI=1S/C20H26O6/c1-13-7-6-10-16(22)9-5-3-4-8-15-11-17(23)12-18(26-14(2)21)19(15)20(24)25-13/h11-13,23H,3-10H2,1-2H3/t13-/m0/s1. The van der Waals surface area contributed by atoms with E-state index in [1.807, 2.05) is 0 Å². The third-order valence-corrected chi connectivity index (χ3v) is 4.40. The molecule has 26 heavy (non-hydrogen) atoms. The van der Waals surface area contributed by atoms with E-state index in [2.05, 4.69) is 0 Å². The second-order valence-corrected chi connectivity index (χ2v) is 6.78. The molecule has 0 fully saturated rings. The zero-order valence-corrected chi connectivity index (χ0v) is 15.4. The number of aromatic hydroxyl groups is 1. The zero-order valence-electron chi connectivity index (χ0n) is 15.4. The maximum Gasteiger partial charge on any atom is 0.342 e. The minimum atomic E-state index is -0.577. The second kappa shape index (κ2) is 9.36. The summed E-state index contributed by atoms with van der Waals surface area (Å²) in [7, 11) is 0. The predicted octanol–water partition coefficient (Wildman–Crippen LogP) is 3.72. The fourth-order valence-electron chi connectivity index (χ4n) is 3.15. The third kappa shape index (κ3) is 5.86. The summed E-state index contributed by atoms with van der Waals surface area (Å²) in [5.41, 5.74) is 0.778. The number of cyclic esters (lactones) is 1. The van der Waals surface area contributed by atoms with Gasteiger partial charge in [-0.05, 0) is 50.7 Å². The number of rotatable bonds is 1. The molecule has 1 aromatic rings. The van der Waals surface area contributed by atoms with Gasteiger partial charge >= 0.3 is 11.9 Å². The van der Waals surface area contributed by atoms with E-state index in [1.54, 1.807) is 6.92 Å². The number of phenolic OH excluding ortho intramolecular Hbond substituents is 1. The first-order valence-corrected chi connectivity index (χ1v) is 9.14. The molecule has 2 rings (SSSR count). The number of benzene rings is 1. The van der Waals surface area contributed by atoms with Crippen molar-refractivity contribution >= 4 is 17.7 Å². The highest BCUT2D eigenvalue weighted by atomic mass is 16.6. The van der Waals surface area contributed by atoms with E-state index in [-0.39, 0.29) is 28.9 Å². The normalized spacial score (nSPS) is 19.8. The predicted molar refractivity (Wildman–Crippen MR) is 95.3 cm³/mol. The lowest BCUT2D eigenvalue weighted by atomic mass is 9.98. The molecule has 0 aliphatic carbocycles. The minimum absolute atomic E-state index is 0.0203. The quantitative estimate of drug-likeness (QED) is 0.605. The molecule has 0 aromatic heterocycles. The molecule has 142 valence electrons. The van der Waals surface area contributed by atoms with Crippen LogP contribution < -0.4 is 4.74 Å². The molecule has 0 saturated carbocycles. The minimum Gasteiger partial charge on any atom is -0.508 e. The lowest BCUT2D eigenvalue weighted by molar-refractivity contribution is -0.131. The highest BCUT2D eigenvalue weighted by Gasteiger charge is 2.23. The summed E-state index contributed by atoms with van der Waals surface area (Å²) >= 11 is 0. The Morgan fingerprint density at radius 1 is 1.12 bits per heavy atom. The number of aryl methyl sites for hydroxylation is 1. The van der Waals surface area contributed by atoms with Crippen LogP contribution in [0.25, 0.3) is 0 Å². The molecule has 1 aliphatic heterocycles. The van der Waals surface area contributed by atoms with Crippen molar-refractivity contribution in [3.05, 3.63) is 23.3 Å². The Hall–Kier alpha value is -2.37. The Kier molecular flexibility index (Phi) is 7.18. The fraction of sp³-hybridized carbons (Fsp3) is 0.550. The van der Waals surface area contributed by atoms with Gasteiger partial charge in [-0.15, -0.1) is 0 Å². The smallest absolute Gasteiger partial charge is 0.342 e. The molecule has 1 N–H and O–H groups in total. The fourth-order valence-corrected chi connectivity index (χ4v) is 3.15. The molecule has 1 atom stereocenters. The molecule has 1 heterocycles. The van der Waals surface area contributed by atoms with Crippen LogP contribution in [0.15, 0.2) is 12.1 Å². The van der Waals surface area contributed by atoms with Gasteiger partial charge in [0, 0.05) is 25.8 Å². The van der Waals surface area contributed by atoms with Gasteiger partial charge in [0.1, 0.15) is 22.8 Å². The third-order valence-electron chi connectivity index (χ3n) is 4.40. The Morgan fingerprint density at radius 3 is 2.54 bits per heavy atom. The van der Waals surface area contributed by atoms with Gasteiger partial charge in [-0.3, -0.25) is 9.59 Å². The number of esters is 2. The Morgan fingerprint density at radius 2 is 1.81 bits per heavy atom. The van der Waals surface area contributed by atoms with Crippen LogP contribution in [0.2, 0.25) is 0 Å². The van der Waals surface area contributed by atoms with Crippen LogP contribution in [0.3, 0.4) is 0 Å². The van der Waals surface area contributed by atoms with Gasteiger partial charge in [0.25, 0.3) is 0 Å². The number of fused-ring (bicyclic) bond motifs is 1. The maximum atomic E-state index is 12.7. The summed E-state index contributed by atoms with van der Waals surface area (Å²) < 4.78 is 10.6. The van der Waals surface area contributed by atoms with Crippen LogP contribution in [0.1, 0.15) is 74.7 Å². The number of hydrogen-bond donors (Lipinski definition) is 1. The lowest BCUT2D eigenvalue weighted by Crippen LogP contribution is -2.19. The summed E-state index contributed by atoms with van der Waals surface area (Å²) in [6.45, 7) is 3.02. The summed E-state index contributed by atoms with van der Waals surface area (Å²) in [4.78, 5) is 35.9. The van der Waals surface area contributed by atoms with E-state index in [0.717, 1.165) is 19.3 Å². The molecular weight excluding hydrogens is 336 g/mol. The van der Waals surface area contributed by atoms with Crippen molar-refractivity contribution in [2.24, 2.45) is 0 Å². The second-order valence-electron chi connectivity index (χ2n) is 6.78. The average Bonchev–Trinajstić information content (AvgIpc) is 2.52. The molecule has 0 saturated heterocycles. The topological polar surface area (TPSA) is 89.9 Å². The van der Waals surface area contributed by atoms with Crippen LogP contribution in [0.5, 0.6) is 11.5 Å². The van der Waals surface area contributed by atoms with Crippen molar-refractivity contribution in [2.75, 3.05) is 0 Å². The number of Topliss-reactive ketones (excluding diaryl/α,β-unsaturated/α-hetero) is 1. The summed E-state index contributed by atoms with van der Waals surface area (Å²) in [5.74, 6) is -0.955. The monoisotopic (exact) mass is 362 g/mol. The first-order valence-electron chi connectivity index (χ1n) is 9.14. The van der Waals surface area contributed by atoms with Crippen molar-refractivity contribution < 1.29 is 29.0 Å². The molecule has 0 bridgehead atoms. The van der Waals surface area contributed by atoms with Gasteiger partial charge in [0.05, 0.1) is 6.10 Å². The SMILES string of the molecule is CC(=O)Oc1cc(O)cc2c1C(=O)O[C@@H](C)CCCC(=O)CCCCC2. The van der Waals surface area contributed by atoms with E-state index in [0.29, 0.717) is 37.7 Å². The number of phenols is 1. The van der Waals surface area contributed by atoms with Crippen molar-refractivity contribution in [3.63, 3.8) is 0 Å². The van der Waals surface area contributed by atoms with Gasteiger partial charge in [0.15, 0.2) is 0 Å². The molecule has 0 spiro atoms. The van der Waals surface area contributed by atoms with E-state index in [1.165, 1.54) is 19.1 Å². The van der Waals surface area contributed by atoms with Gasteiger partial charge in [-0.2, -0.15) is 0 Å². The van der Waals surface area contributed by atoms with Crippen molar-refractivity contribution in [1.82, 2.24) is 0 Å². The summed E-state index contributed by atoms with van der Waals surface area (Å²) in [5, 5.41) is 9.94. The van der Waals surface area contributed by atoms with E-state index < -0.39 is 11.9 Å².